The van der Waals surface area contributed by atoms with Gasteiger partial charge in [0, 0.05) is 17.1 Å². The van der Waals surface area contributed by atoms with Gasteiger partial charge in [0.25, 0.3) is 6.43 Å². The van der Waals surface area contributed by atoms with Crippen LogP contribution in [0.4, 0.5) is 8.78 Å². The average molecular weight is 278 g/mol. The molecule has 0 heterocycles. The van der Waals surface area contributed by atoms with E-state index in [9.17, 15) is 8.78 Å². The molecule has 0 amide bonds. The summed E-state index contributed by atoms with van der Waals surface area (Å²) in [7, 11) is 0. The van der Waals surface area contributed by atoms with Crippen LogP contribution in [0.15, 0.2) is 18.2 Å². The van der Waals surface area contributed by atoms with E-state index in [0.29, 0.717) is 17.3 Å². The van der Waals surface area contributed by atoms with E-state index < -0.39 is 13.0 Å². The molecule has 102 valence electrons. The largest absolute Gasteiger partial charge is 0.488 e. The van der Waals surface area contributed by atoms with Gasteiger partial charge in [0.2, 0.25) is 0 Å². The molecule has 0 aliphatic carbocycles. The zero-order valence-electron chi connectivity index (χ0n) is 10.8. The van der Waals surface area contributed by atoms with Crippen molar-refractivity contribution in [2.24, 2.45) is 0 Å². The van der Waals surface area contributed by atoms with E-state index in [4.69, 9.17) is 16.3 Å². The average Bonchev–Trinajstić information content (AvgIpc) is 2.23. The summed E-state index contributed by atoms with van der Waals surface area (Å²) >= 11 is 6.07. The normalized spacial score (nSPS) is 11.9. The van der Waals surface area contributed by atoms with E-state index in [1.54, 1.807) is 18.2 Å². The third-order valence-electron chi connectivity index (χ3n) is 2.21. The molecule has 0 aliphatic rings. The van der Waals surface area contributed by atoms with E-state index in [2.05, 4.69) is 26.1 Å². The van der Waals surface area contributed by atoms with Crippen LogP contribution in [0.2, 0.25) is 5.02 Å². The Morgan fingerprint density at radius 1 is 1.33 bits per heavy atom. The van der Waals surface area contributed by atoms with Crippen LogP contribution in [0.5, 0.6) is 5.75 Å². The predicted octanol–water partition coefficient (Wildman–Crippen LogP) is 3.87. The lowest BCUT2D eigenvalue weighted by molar-refractivity contribution is 0.0819. The van der Waals surface area contributed by atoms with Gasteiger partial charge in [-0.05, 0) is 38.5 Å². The monoisotopic (exact) mass is 277 g/mol. The van der Waals surface area contributed by atoms with Crippen molar-refractivity contribution >= 4 is 11.6 Å². The zero-order valence-corrected chi connectivity index (χ0v) is 11.5. The van der Waals surface area contributed by atoms with Crippen LogP contribution in [0.1, 0.15) is 26.3 Å². The summed E-state index contributed by atoms with van der Waals surface area (Å²) in [6.07, 6.45) is -2.48. The fraction of sp³-hybridized carbons (Fsp3) is 0.538. The van der Waals surface area contributed by atoms with Gasteiger partial charge in [-0.1, -0.05) is 17.7 Å². The second-order valence-corrected chi connectivity index (χ2v) is 5.47. The number of halogens is 3. The summed E-state index contributed by atoms with van der Waals surface area (Å²) in [6, 6.07) is 4.99. The number of rotatable bonds is 5. The molecule has 18 heavy (non-hydrogen) atoms. The van der Waals surface area contributed by atoms with Gasteiger partial charge in [-0.2, -0.15) is 0 Å². The van der Waals surface area contributed by atoms with Gasteiger partial charge in [-0.15, -0.1) is 0 Å². The van der Waals surface area contributed by atoms with Crippen LogP contribution in [0.3, 0.4) is 0 Å². The molecule has 1 rings (SSSR count). The number of nitrogens with one attached hydrogen (secondary N) is 1. The molecule has 5 heteroatoms. The molecule has 0 bridgehead atoms. The molecule has 1 aromatic carbocycles. The highest BCUT2D eigenvalue weighted by molar-refractivity contribution is 6.31. The minimum Gasteiger partial charge on any atom is -0.488 e. The van der Waals surface area contributed by atoms with Crippen molar-refractivity contribution in [3.63, 3.8) is 0 Å². The first-order chi connectivity index (χ1) is 8.28. The first-order valence-corrected chi connectivity index (χ1v) is 6.10. The van der Waals surface area contributed by atoms with Crippen LogP contribution in [-0.2, 0) is 6.54 Å². The van der Waals surface area contributed by atoms with Gasteiger partial charge in [-0.3, -0.25) is 0 Å². The van der Waals surface area contributed by atoms with Crippen LogP contribution >= 0.6 is 11.6 Å². The number of benzene rings is 1. The lowest BCUT2D eigenvalue weighted by Gasteiger charge is -2.21. The molecule has 0 fully saturated rings. The van der Waals surface area contributed by atoms with Crippen molar-refractivity contribution in [3.05, 3.63) is 28.8 Å². The predicted molar refractivity (Wildman–Crippen MR) is 69.5 cm³/mol. The quantitative estimate of drug-likeness (QED) is 0.882. The van der Waals surface area contributed by atoms with Crippen molar-refractivity contribution in [1.82, 2.24) is 5.32 Å². The van der Waals surface area contributed by atoms with Gasteiger partial charge in [0.15, 0.2) is 0 Å². The topological polar surface area (TPSA) is 21.3 Å². The SMILES string of the molecule is CC(C)(C)NCc1ccc(OCC(F)F)cc1Cl. The molecule has 0 spiro atoms. The molecule has 0 aromatic heterocycles. The van der Waals surface area contributed by atoms with Gasteiger partial charge in [0.05, 0.1) is 0 Å². The Labute approximate surface area is 111 Å². The van der Waals surface area contributed by atoms with Crippen molar-refractivity contribution in [2.75, 3.05) is 6.61 Å². The molecule has 0 radical (unpaired) electrons. The molecule has 1 N–H and O–H groups in total. The van der Waals surface area contributed by atoms with Gasteiger partial charge in [0.1, 0.15) is 12.4 Å². The number of ether oxygens (including phenoxy) is 1. The Morgan fingerprint density at radius 3 is 2.50 bits per heavy atom. The highest BCUT2D eigenvalue weighted by atomic mass is 35.5. The van der Waals surface area contributed by atoms with Crippen LogP contribution < -0.4 is 10.1 Å². The van der Waals surface area contributed by atoms with Crippen molar-refractivity contribution in [3.8, 4) is 5.75 Å². The standard InChI is InChI=1S/C13H18ClF2NO/c1-13(2,3)17-7-9-4-5-10(6-11(9)14)18-8-12(15)16/h4-6,12,17H,7-8H2,1-3H3. The minimum atomic E-state index is -2.48. The number of hydrogen-bond donors (Lipinski definition) is 1. The molecular weight excluding hydrogens is 260 g/mol. The minimum absolute atomic E-state index is 0.00578. The Kier molecular flexibility index (Phi) is 5.35. The van der Waals surface area contributed by atoms with E-state index in [1.807, 2.05) is 0 Å². The first-order valence-electron chi connectivity index (χ1n) is 5.72. The Bertz CT molecular complexity index is 391. The summed E-state index contributed by atoms with van der Waals surface area (Å²) in [5.41, 5.74) is 0.907. The Hall–Kier alpha value is -0.870. The molecule has 0 saturated carbocycles. The number of alkyl halides is 2. The summed E-state index contributed by atoms with van der Waals surface area (Å²) in [5, 5.41) is 3.82. The fourth-order valence-corrected chi connectivity index (χ4v) is 1.52. The summed E-state index contributed by atoms with van der Waals surface area (Å²) in [6.45, 7) is 6.18. The van der Waals surface area contributed by atoms with Crippen molar-refractivity contribution < 1.29 is 13.5 Å². The molecule has 1 aromatic rings. The van der Waals surface area contributed by atoms with E-state index in [0.717, 1.165) is 5.56 Å². The van der Waals surface area contributed by atoms with Crippen LogP contribution in [0, 0.1) is 0 Å². The second-order valence-electron chi connectivity index (χ2n) is 5.06. The van der Waals surface area contributed by atoms with E-state index in [-0.39, 0.29) is 5.54 Å². The molecule has 0 atom stereocenters. The number of hydrogen-bond acceptors (Lipinski definition) is 2. The van der Waals surface area contributed by atoms with Gasteiger partial charge < -0.3 is 10.1 Å². The lowest BCUT2D eigenvalue weighted by Crippen LogP contribution is -2.35. The Morgan fingerprint density at radius 2 is 2.00 bits per heavy atom. The smallest absolute Gasteiger partial charge is 0.272 e. The third-order valence-corrected chi connectivity index (χ3v) is 2.56. The highest BCUT2D eigenvalue weighted by Gasteiger charge is 2.11. The molecule has 0 unspecified atom stereocenters. The Balaban J connectivity index is 2.62. The molecule has 2 nitrogen and oxygen atoms in total. The highest BCUT2D eigenvalue weighted by Crippen LogP contribution is 2.23. The maximum absolute atomic E-state index is 12.0. The molecule has 0 aliphatic heterocycles. The second kappa shape index (κ2) is 6.34. The third kappa shape index (κ3) is 5.65. The van der Waals surface area contributed by atoms with Crippen molar-refractivity contribution in [1.29, 1.82) is 0 Å². The first kappa shape index (κ1) is 15.2. The van der Waals surface area contributed by atoms with Crippen LogP contribution in [0.25, 0.3) is 0 Å². The molecular formula is C13H18ClF2NO. The van der Waals surface area contributed by atoms with Gasteiger partial charge >= 0.3 is 0 Å². The zero-order chi connectivity index (χ0) is 13.8. The molecule has 0 saturated heterocycles. The van der Waals surface area contributed by atoms with Crippen molar-refractivity contribution in [2.45, 2.75) is 39.3 Å². The maximum Gasteiger partial charge on any atom is 0.272 e. The van der Waals surface area contributed by atoms with E-state index in [1.165, 1.54) is 0 Å². The summed E-state index contributed by atoms with van der Waals surface area (Å²) < 4.78 is 28.9. The summed E-state index contributed by atoms with van der Waals surface area (Å²) in [4.78, 5) is 0. The van der Waals surface area contributed by atoms with Gasteiger partial charge in [-0.25, -0.2) is 8.78 Å². The summed E-state index contributed by atoms with van der Waals surface area (Å²) in [5.74, 6) is 0.361. The van der Waals surface area contributed by atoms with Crippen LogP contribution in [-0.4, -0.2) is 18.6 Å². The van der Waals surface area contributed by atoms with E-state index >= 15 is 0 Å². The fourth-order valence-electron chi connectivity index (χ4n) is 1.28. The maximum atomic E-state index is 12.0. The lowest BCUT2D eigenvalue weighted by atomic mass is 10.1.